The van der Waals surface area contributed by atoms with Gasteiger partial charge in [0.15, 0.2) is 5.60 Å². The lowest BCUT2D eigenvalue weighted by atomic mass is 10.1. The minimum atomic E-state index is -0.884. The molecule has 0 saturated carbocycles. The van der Waals surface area contributed by atoms with Crippen LogP contribution in [-0.2, 0) is 4.79 Å². The lowest BCUT2D eigenvalue weighted by molar-refractivity contribution is 0.152. The SMILES string of the molecule is CCC(C)([C]=O)Oc1cccc(Cl)c1. The average molecular weight is 212 g/mol. The third-order valence-electron chi connectivity index (χ3n) is 2.03. The number of hydrogen-bond acceptors (Lipinski definition) is 2. The highest BCUT2D eigenvalue weighted by atomic mass is 35.5. The van der Waals surface area contributed by atoms with Gasteiger partial charge in [0.25, 0.3) is 0 Å². The summed E-state index contributed by atoms with van der Waals surface area (Å²) in [6.07, 6.45) is 2.45. The first-order valence-electron chi connectivity index (χ1n) is 4.43. The van der Waals surface area contributed by atoms with Gasteiger partial charge in [0.05, 0.1) is 0 Å². The van der Waals surface area contributed by atoms with Crippen molar-refractivity contribution in [2.45, 2.75) is 25.9 Å². The largest absolute Gasteiger partial charge is 0.479 e. The summed E-state index contributed by atoms with van der Waals surface area (Å²) in [5, 5.41) is 0.590. The van der Waals surface area contributed by atoms with Gasteiger partial charge in [0.1, 0.15) is 5.75 Å². The molecule has 1 atom stereocenters. The smallest absolute Gasteiger partial charge is 0.245 e. The number of halogens is 1. The van der Waals surface area contributed by atoms with E-state index in [9.17, 15) is 4.79 Å². The highest BCUT2D eigenvalue weighted by molar-refractivity contribution is 6.30. The number of hydrogen-bond donors (Lipinski definition) is 0. The van der Waals surface area contributed by atoms with Gasteiger partial charge in [-0.1, -0.05) is 24.6 Å². The van der Waals surface area contributed by atoms with E-state index in [0.717, 1.165) is 0 Å². The highest BCUT2D eigenvalue weighted by Gasteiger charge is 2.24. The summed E-state index contributed by atoms with van der Waals surface area (Å²) >= 11 is 5.78. The molecule has 0 bridgehead atoms. The van der Waals surface area contributed by atoms with Crippen LogP contribution < -0.4 is 4.74 Å². The minimum absolute atomic E-state index is 0.572. The number of rotatable bonds is 4. The Bertz CT molecular complexity index is 325. The fraction of sp³-hybridized carbons (Fsp3) is 0.364. The molecule has 0 N–H and O–H groups in total. The van der Waals surface area contributed by atoms with Crippen LogP contribution in [0.2, 0.25) is 5.02 Å². The third-order valence-corrected chi connectivity index (χ3v) is 2.26. The Morgan fingerprint density at radius 2 is 2.29 bits per heavy atom. The second kappa shape index (κ2) is 4.47. The Hall–Kier alpha value is -1.02. The number of carbonyl (C=O) groups excluding carboxylic acids is 1. The van der Waals surface area contributed by atoms with Crippen molar-refractivity contribution >= 4 is 17.9 Å². The summed E-state index contributed by atoms with van der Waals surface area (Å²) < 4.78 is 5.47. The van der Waals surface area contributed by atoms with Crippen LogP contribution in [-0.4, -0.2) is 11.9 Å². The average Bonchev–Trinajstić information content (AvgIpc) is 2.18. The standard InChI is InChI=1S/C11H12ClO2/c1-3-11(2,8-13)14-10-6-4-5-9(12)7-10/h4-7H,3H2,1-2H3. The summed E-state index contributed by atoms with van der Waals surface area (Å²) in [6, 6.07) is 6.96. The van der Waals surface area contributed by atoms with E-state index >= 15 is 0 Å². The van der Waals surface area contributed by atoms with Gasteiger partial charge in [-0.3, -0.25) is 4.79 Å². The van der Waals surface area contributed by atoms with E-state index in [1.807, 2.05) is 13.2 Å². The van der Waals surface area contributed by atoms with Crippen molar-refractivity contribution in [3.8, 4) is 5.75 Å². The van der Waals surface area contributed by atoms with Gasteiger partial charge in [-0.2, -0.15) is 0 Å². The van der Waals surface area contributed by atoms with Gasteiger partial charge < -0.3 is 4.74 Å². The van der Waals surface area contributed by atoms with Crippen molar-refractivity contribution in [3.05, 3.63) is 29.3 Å². The molecule has 1 aromatic rings. The minimum Gasteiger partial charge on any atom is -0.479 e. The molecule has 75 valence electrons. The van der Waals surface area contributed by atoms with Crippen molar-refractivity contribution in [1.29, 1.82) is 0 Å². The molecule has 0 heterocycles. The summed E-state index contributed by atoms with van der Waals surface area (Å²) in [6.45, 7) is 3.57. The first kappa shape index (κ1) is 11.1. The van der Waals surface area contributed by atoms with Crippen molar-refractivity contribution in [2.24, 2.45) is 0 Å². The Morgan fingerprint density at radius 3 is 2.79 bits per heavy atom. The van der Waals surface area contributed by atoms with E-state index in [1.165, 1.54) is 0 Å². The molecule has 1 unspecified atom stereocenters. The summed E-state index contributed by atoms with van der Waals surface area (Å²) in [4.78, 5) is 10.7. The van der Waals surface area contributed by atoms with E-state index in [-0.39, 0.29) is 0 Å². The molecule has 1 rings (SSSR count). The molecule has 0 fully saturated rings. The van der Waals surface area contributed by atoms with Crippen LogP contribution in [0.5, 0.6) is 5.75 Å². The van der Waals surface area contributed by atoms with Crippen LogP contribution in [0.4, 0.5) is 0 Å². The molecule has 0 aromatic heterocycles. The monoisotopic (exact) mass is 211 g/mol. The van der Waals surface area contributed by atoms with Crippen LogP contribution in [0.25, 0.3) is 0 Å². The molecule has 1 radical (unpaired) electrons. The van der Waals surface area contributed by atoms with Gasteiger partial charge in [-0.15, -0.1) is 0 Å². The molecule has 2 nitrogen and oxygen atoms in total. The second-order valence-corrected chi connectivity index (χ2v) is 3.68. The van der Waals surface area contributed by atoms with E-state index in [2.05, 4.69) is 0 Å². The topological polar surface area (TPSA) is 26.3 Å². The maximum Gasteiger partial charge on any atom is 0.245 e. The van der Waals surface area contributed by atoms with E-state index in [0.29, 0.717) is 17.2 Å². The molecule has 0 spiro atoms. The number of benzene rings is 1. The first-order valence-corrected chi connectivity index (χ1v) is 4.81. The molecule has 1 aromatic carbocycles. The zero-order valence-electron chi connectivity index (χ0n) is 8.21. The third kappa shape index (κ3) is 2.74. The fourth-order valence-corrected chi connectivity index (χ4v) is 1.14. The molecule has 0 aliphatic heterocycles. The molecule has 3 heteroatoms. The Kier molecular flexibility index (Phi) is 3.53. The molecule has 0 aliphatic rings. The van der Waals surface area contributed by atoms with Gasteiger partial charge in [-0.05, 0) is 31.5 Å². The summed E-state index contributed by atoms with van der Waals surface area (Å²) in [7, 11) is 0. The lowest BCUT2D eigenvalue weighted by Gasteiger charge is -2.22. The van der Waals surface area contributed by atoms with Crippen LogP contribution in [0.1, 0.15) is 20.3 Å². The van der Waals surface area contributed by atoms with Crippen LogP contribution in [0.3, 0.4) is 0 Å². The molecule has 14 heavy (non-hydrogen) atoms. The van der Waals surface area contributed by atoms with Crippen LogP contribution >= 0.6 is 11.6 Å². The van der Waals surface area contributed by atoms with Gasteiger partial charge in [0, 0.05) is 5.02 Å². The van der Waals surface area contributed by atoms with Crippen molar-refractivity contribution in [3.63, 3.8) is 0 Å². The van der Waals surface area contributed by atoms with E-state index in [1.54, 1.807) is 31.2 Å². The van der Waals surface area contributed by atoms with Gasteiger partial charge >= 0.3 is 0 Å². The molecule has 0 amide bonds. The molecule has 0 saturated heterocycles. The first-order chi connectivity index (χ1) is 6.59. The maximum atomic E-state index is 10.7. The Labute approximate surface area is 88.8 Å². The Morgan fingerprint density at radius 1 is 1.57 bits per heavy atom. The molecular weight excluding hydrogens is 200 g/mol. The summed E-state index contributed by atoms with van der Waals surface area (Å²) in [5.74, 6) is 0.588. The normalized spacial score (nSPS) is 14.5. The molecular formula is C11H12ClO2. The highest BCUT2D eigenvalue weighted by Crippen LogP contribution is 2.22. The van der Waals surface area contributed by atoms with Crippen LogP contribution in [0.15, 0.2) is 24.3 Å². The van der Waals surface area contributed by atoms with Crippen molar-refractivity contribution in [1.82, 2.24) is 0 Å². The summed E-state index contributed by atoms with van der Waals surface area (Å²) in [5.41, 5.74) is -0.884. The predicted octanol–water partition coefficient (Wildman–Crippen LogP) is 3.00. The zero-order chi connectivity index (χ0) is 10.6. The maximum absolute atomic E-state index is 10.7. The second-order valence-electron chi connectivity index (χ2n) is 3.25. The fourth-order valence-electron chi connectivity index (χ4n) is 0.956. The van der Waals surface area contributed by atoms with Crippen molar-refractivity contribution in [2.75, 3.05) is 0 Å². The quantitative estimate of drug-likeness (QED) is 0.766. The number of ether oxygens (including phenoxy) is 1. The zero-order valence-corrected chi connectivity index (χ0v) is 8.97. The predicted molar refractivity (Wildman–Crippen MR) is 56.5 cm³/mol. The molecule has 0 aliphatic carbocycles. The Balaban J connectivity index is 2.82. The van der Waals surface area contributed by atoms with Crippen LogP contribution in [0, 0.1) is 0 Å². The van der Waals surface area contributed by atoms with E-state index in [4.69, 9.17) is 16.3 Å². The van der Waals surface area contributed by atoms with E-state index < -0.39 is 5.60 Å². The van der Waals surface area contributed by atoms with Crippen molar-refractivity contribution < 1.29 is 9.53 Å². The van der Waals surface area contributed by atoms with Gasteiger partial charge in [-0.25, -0.2) is 0 Å². The van der Waals surface area contributed by atoms with Gasteiger partial charge in [0.2, 0.25) is 6.29 Å². The lowest BCUT2D eigenvalue weighted by Crippen LogP contribution is -2.33.